The molecule has 3 N–H and O–H groups in total. The minimum absolute atomic E-state index is 0.239. The molecule has 0 fully saturated rings. The van der Waals surface area contributed by atoms with Crippen LogP contribution in [-0.4, -0.2) is 25.9 Å². The Kier molecular flexibility index (Phi) is 6.76. The summed E-state index contributed by atoms with van der Waals surface area (Å²) in [5, 5.41) is 0. The van der Waals surface area contributed by atoms with E-state index >= 15 is 0 Å². The Morgan fingerprint density at radius 1 is 1.45 bits per heavy atom. The lowest BCUT2D eigenvalue weighted by Crippen LogP contribution is -2.31. The van der Waals surface area contributed by atoms with Crippen LogP contribution in [0.2, 0.25) is 0 Å². The van der Waals surface area contributed by atoms with Crippen LogP contribution in [0, 0.1) is 0 Å². The molecule has 0 aliphatic heterocycles. The van der Waals surface area contributed by atoms with E-state index in [1.807, 2.05) is 12.3 Å². The van der Waals surface area contributed by atoms with Crippen LogP contribution in [0.3, 0.4) is 0 Å². The zero-order valence-corrected chi connectivity index (χ0v) is 6.63. The smallest absolute Gasteiger partial charge is 0.421 e. The van der Waals surface area contributed by atoms with Crippen LogP contribution in [0.4, 0.5) is 4.79 Å². The Hall–Kier alpha value is -0.810. The number of ether oxygens (including phenoxy) is 2. The van der Waals surface area contributed by atoms with Gasteiger partial charge in [0.1, 0.15) is 6.61 Å². The van der Waals surface area contributed by atoms with E-state index in [1.54, 1.807) is 0 Å². The Bertz CT molecular complexity index is 108. The van der Waals surface area contributed by atoms with E-state index in [9.17, 15) is 4.79 Å². The number of nitrogens with two attached hydrogens (primary N) is 1. The molecule has 0 heterocycles. The van der Waals surface area contributed by atoms with Gasteiger partial charge in [-0.05, 0) is 6.42 Å². The fourth-order valence-corrected chi connectivity index (χ4v) is 0.481. The topological polar surface area (TPSA) is 73.6 Å². The van der Waals surface area contributed by atoms with Crippen molar-refractivity contribution in [1.82, 2.24) is 5.43 Å². The third kappa shape index (κ3) is 7.08. The molecule has 0 bridgehead atoms. The fourth-order valence-electron chi connectivity index (χ4n) is 0.481. The zero-order valence-electron chi connectivity index (χ0n) is 6.63. The maximum Gasteiger partial charge on any atom is 0.421 e. The molecule has 5 nitrogen and oxygen atoms in total. The predicted molar refractivity (Wildman–Crippen MR) is 39.8 cm³/mol. The first kappa shape index (κ1) is 10.2. The standard InChI is InChI=1S/C6H14N2O3/c1-2-3-10-4-5-11-6(9)8-7/h2-5,7H2,1H3,(H,8,9). The van der Waals surface area contributed by atoms with Crippen LogP contribution in [0.25, 0.3) is 0 Å². The van der Waals surface area contributed by atoms with Gasteiger partial charge in [-0.1, -0.05) is 6.92 Å². The Labute approximate surface area is 65.8 Å². The molecular weight excluding hydrogens is 148 g/mol. The molecule has 0 aliphatic carbocycles. The van der Waals surface area contributed by atoms with Gasteiger partial charge in [-0.3, -0.25) is 5.43 Å². The Balaban J connectivity index is 2.95. The van der Waals surface area contributed by atoms with Crippen molar-refractivity contribution in [3.8, 4) is 0 Å². The lowest BCUT2D eigenvalue weighted by atomic mass is 10.5. The number of hydrazine groups is 1. The molecular formula is C6H14N2O3. The number of amides is 1. The second-order valence-corrected chi connectivity index (χ2v) is 1.89. The molecule has 1 amide bonds. The summed E-state index contributed by atoms with van der Waals surface area (Å²) in [6, 6.07) is 0. The molecule has 0 aliphatic rings. The van der Waals surface area contributed by atoms with Crippen molar-refractivity contribution in [2.24, 2.45) is 5.84 Å². The quantitative estimate of drug-likeness (QED) is 0.258. The minimum atomic E-state index is -0.634. The van der Waals surface area contributed by atoms with Crippen LogP contribution in [-0.2, 0) is 9.47 Å². The van der Waals surface area contributed by atoms with Gasteiger partial charge in [-0.15, -0.1) is 0 Å². The molecule has 0 rings (SSSR count). The molecule has 0 unspecified atom stereocenters. The number of nitrogens with one attached hydrogen (secondary N) is 1. The maximum atomic E-state index is 10.3. The molecule has 66 valence electrons. The van der Waals surface area contributed by atoms with Crippen LogP contribution >= 0.6 is 0 Å². The first-order valence-electron chi connectivity index (χ1n) is 3.52. The van der Waals surface area contributed by atoms with Crippen molar-refractivity contribution in [3.63, 3.8) is 0 Å². The highest BCUT2D eigenvalue weighted by Gasteiger charge is 1.95. The number of hydrogen-bond donors (Lipinski definition) is 2. The SMILES string of the molecule is CCCOCCOC(=O)NN. The molecule has 0 spiro atoms. The van der Waals surface area contributed by atoms with Crippen LogP contribution in [0.1, 0.15) is 13.3 Å². The van der Waals surface area contributed by atoms with Gasteiger partial charge >= 0.3 is 6.09 Å². The number of rotatable bonds is 5. The number of carbonyl (C=O) groups is 1. The van der Waals surface area contributed by atoms with Gasteiger partial charge in [0.2, 0.25) is 0 Å². The van der Waals surface area contributed by atoms with Crippen molar-refractivity contribution < 1.29 is 14.3 Å². The van der Waals surface area contributed by atoms with E-state index in [4.69, 9.17) is 10.6 Å². The van der Waals surface area contributed by atoms with Crippen molar-refractivity contribution in [2.45, 2.75) is 13.3 Å². The fraction of sp³-hybridized carbons (Fsp3) is 0.833. The summed E-state index contributed by atoms with van der Waals surface area (Å²) < 4.78 is 9.57. The van der Waals surface area contributed by atoms with Crippen LogP contribution < -0.4 is 11.3 Å². The monoisotopic (exact) mass is 162 g/mol. The molecule has 0 radical (unpaired) electrons. The third-order valence-corrected chi connectivity index (χ3v) is 0.927. The largest absolute Gasteiger partial charge is 0.446 e. The van der Waals surface area contributed by atoms with E-state index in [-0.39, 0.29) is 6.61 Å². The van der Waals surface area contributed by atoms with Crippen molar-refractivity contribution >= 4 is 6.09 Å². The van der Waals surface area contributed by atoms with Gasteiger partial charge < -0.3 is 9.47 Å². The maximum absolute atomic E-state index is 10.3. The van der Waals surface area contributed by atoms with Crippen LogP contribution in [0.15, 0.2) is 0 Å². The predicted octanol–water partition coefficient (Wildman–Crippen LogP) is 0.0129. The molecule has 0 aromatic heterocycles. The summed E-state index contributed by atoms with van der Waals surface area (Å²) in [5.74, 6) is 4.75. The van der Waals surface area contributed by atoms with E-state index in [0.29, 0.717) is 13.2 Å². The minimum Gasteiger partial charge on any atom is -0.446 e. The molecule has 5 heteroatoms. The molecule has 11 heavy (non-hydrogen) atoms. The normalized spacial score (nSPS) is 9.27. The first-order valence-corrected chi connectivity index (χ1v) is 3.52. The van der Waals surface area contributed by atoms with E-state index in [0.717, 1.165) is 6.42 Å². The Morgan fingerprint density at radius 2 is 2.18 bits per heavy atom. The summed E-state index contributed by atoms with van der Waals surface area (Å²) in [5.41, 5.74) is 1.84. The van der Waals surface area contributed by atoms with Gasteiger partial charge in [0.05, 0.1) is 6.61 Å². The summed E-state index contributed by atoms with van der Waals surface area (Å²) in [6.07, 6.45) is 0.327. The second-order valence-electron chi connectivity index (χ2n) is 1.89. The van der Waals surface area contributed by atoms with E-state index < -0.39 is 6.09 Å². The van der Waals surface area contributed by atoms with Crippen molar-refractivity contribution in [3.05, 3.63) is 0 Å². The molecule has 0 saturated heterocycles. The summed E-state index contributed by atoms with van der Waals surface area (Å²) >= 11 is 0. The van der Waals surface area contributed by atoms with Gasteiger partial charge in [0.15, 0.2) is 0 Å². The molecule has 0 aromatic carbocycles. The Morgan fingerprint density at radius 3 is 2.73 bits per heavy atom. The van der Waals surface area contributed by atoms with Crippen LogP contribution in [0.5, 0.6) is 0 Å². The highest BCUT2D eigenvalue weighted by molar-refractivity contribution is 5.66. The van der Waals surface area contributed by atoms with Crippen molar-refractivity contribution in [1.29, 1.82) is 0 Å². The lowest BCUT2D eigenvalue weighted by Gasteiger charge is -2.03. The molecule has 0 atom stereocenters. The second kappa shape index (κ2) is 7.30. The molecule has 0 saturated carbocycles. The van der Waals surface area contributed by atoms with Gasteiger partial charge in [0, 0.05) is 6.61 Å². The number of carbonyl (C=O) groups excluding carboxylic acids is 1. The summed E-state index contributed by atoms with van der Waals surface area (Å²) in [4.78, 5) is 10.3. The van der Waals surface area contributed by atoms with Gasteiger partial charge in [-0.2, -0.15) is 0 Å². The first-order chi connectivity index (χ1) is 5.31. The van der Waals surface area contributed by atoms with Gasteiger partial charge in [0.25, 0.3) is 0 Å². The van der Waals surface area contributed by atoms with E-state index in [2.05, 4.69) is 4.74 Å². The highest BCUT2D eigenvalue weighted by atomic mass is 16.6. The average molecular weight is 162 g/mol. The number of hydrogen-bond acceptors (Lipinski definition) is 4. The summed E-state index contributed by atoms with van der Waals surface area (Å²) in [7, 11) is 0. The molecule has 0 aromatic rings. The lowest BCUT2D eigenvalue weighted by molar-refractivity contribution is 0.0731. The van der Waals surface area contributed by atoms with Crippen molar-refractivity contribution in [2.75, 3.05) is 19.8 Å². The van der Waals surface area contributed by atoms with Gasteiger partial charge in [-0.25, -0.2) is 10.6 Å². The zero-order chi connectivity index (χ0) is 8.53. The highest BCUT2D eigenvalue weighted by Crippen LogP contribution is 1.81. The average Bonchev–Trinajstić information content (AvgIpc) is 2.04. The summed E-state index contributed by atoms with van der Waals surface area (Å²) in [6.45, 7) is 3.35. The van der Waals surface area contributed by atoms with E-state index in [1.165, 1.54) is 0 Å². The third-order valence-electron chi connectivity index (χ3n) is 0.927.